The minimum atomic E-state index is -3.57. The molecule has 1 aliphatic rings. The first-order chi connectivity index (χ1) is 13.3. The van der Waals surface area contributed by atoms with Crippen LogP contribution in [-0.2, 0) is 19.4 Å². The number of carbonyl (C=O) groups excluding carboxylic acids is 2. The summed E-state index contributed by atoms with van der Waals surface area (Å²) in [7, 11) is -3.57. The Hall–Kier alpha value is -2.45. The average molecular weight is 425 g/mol. The fourth-order valence-corrected chi connectivity index (χ4v) is 4.28. The zero-order chi connectivity index (χ0) is 20.3. The Morgan fingerprint density at radius 3 is 2.43 bits per heavy atom. The highest BCUT2D eigenvalue weighted by Gasteiger charge is 2.37. The second-order valence-corrected chi connectivity index (χ2v) is 8.92. The lowest BCUT2D eigenvalue weighted by Gasteiger charge is -2.16. The molecule has 1 saturated heterocycles. The maximum atomic E-state index is 13.0. The quantitative estimate of drug-likeness (QED) is 0.722. The van der Waals surface area contributed by atoms with Gasteiger partial charge in [-0.15, -0.1) is 0 Å². The molecule has 1 N–H and O–H groups in total. The summed E-state index contributed by atoms with van der Waals surface area (Å²) in [6.07, 6.45) is 0.311. The van der Waals surface area contributed by atoms with E-state index in [1.54, 1.807) is 0 Å². The van der Waals surface area contributed by atoms with Gasteiger partial charge in [0.25, 0.3) is 0 Å². The van der Waals surface area contributed by atoms with Gasteiger partial charge in [0.05, 0.1) is 10.6 Å². The van der Waals surface area contributed by atoms with Crippen LogP contribution in [0.3, 0.4) is 0 Å². The number of hydrogen-bond donors (Lipinski definition) is 1. The van der Waals surface area contributed by atoms with Crippen LogP contribution in [0.15, 0.2) is 53.4 Å². The number of carbonyl (C=O) groups is 2. The first kappa shape index (κ1) is 20.3. The van der Waals surface area contributed by atoms with Crippen molar-refractivity contribution in [3.05, 3.63) is 59.4 Å². The van der Waals surface area contributed by atoms with Crippen LogP contribution in [-0.4, -0.2) is 39.1 Å². The van der Waals surface area contributed by atoms with E-state index >= 15 is 0 Å². The van der Waals surface area contributed by atoms with Crippen molar-refractivity contribution in [2.45, 2.75) is 11.3 Å². The molecule has 0 saturated carbocycles. The van der Waals surface area contributed by atoms with Crippen molar-refractivity contribution in [1.29, 1.82) is 0 Å². The molecule has 1 fully saturated rings. The molecule has 6 nitrogen and oxygen atoms in total. The number of nitrogens with one attached hydrogen (secondary N) is 1. The van der Waals surface area contributed by atoms with E-state index in [1.807, 2.05) is 0 Å². The summed E-state index contributed by atoms with van der Waals surface area (Å²) in [5.41, 5.74) is 0.520. The van der Waals surface area contributed by atoms with Crippen LogP contribution in [0.2, 0.25) is 5.02 Å². The van der Waals surface area contributed by atoms with Crippen molar-refractivity contribution in [1.82, 2.24) is 5.32 Å². The summed E-state index contributed by atoms with van der Waals surface area (Å²) in [6.45, 7) is 0.232. The van der Waals surface area contributed by atoms with Crippen molar-refractivity contribution >= 4 is 38.9 Å². The number of sulfone groups is 1. The molecule has 1 heterocycles. The Morgan fingerprint density at radius 2 is 1.79 bits per heavy atom. The van der Waals surface area contributed by atoms with E-state index in [1.165, 1.54) is 53.4 Å². The monoisotopic (exact) mass is 424 g/mol. The molecular weight excluding hydrogens is 407 g/mol. The van der Waals surface area contributed by atoms with Crippen LogP contribution in [0.1, 0.15) is 6.42 Å². The Balaban J connectivity index is 1.56. The molecule has 1 aliphatic heterocycles. The largest absolute Gasteiger partial charge is 0.354 e. The van der Waals surface area contributed by atoms with Crippen LogP contribution >= 0.6 is 11.6 Å². The molecule has 1 unspecified atom stereocenters. The molecule has 2 amide bonds. The Bertz CT molecular complexity index is 978. The number of hydrogen-bond acceptors (Lipinski definition) is 4. The van der Waals surface area contributed by atoms with Crippen LogP contribution in [0.5, 0.6) is 0 Å². The third-order valence-electron chi connectivity index (χ3n) is 4.50. The molecule has 3 rings (SSSR count). The minimum Gasteiger partial charge on any atom is -0.354 e. The van der Waals surface area contributed by atoms with Gasteiger partial charge in [-0.05, 0) is 55.0 Å². The van der Waals surface area contributed by atoms with E-state index in [4.69, 9.17) is 11.6 Å². The van der Waals surface area contributed by atoms with E-state index in [2.05, 4.69) is 5.32 Å². The SMILES string of the molecule is O=C(NCCS(=O)(=O)c1ccc(Cl)cc1)C1CCN(c2ccc(F)cc2)C1=O. The van der Waals surface area contributed by atoms with Gasteiger partial charge < -0.3 is 10.2 Å². The molecule has 148 valence electrons. The minimum absolute atomic E-state index is 0.107. The van der Waals surface area contributed by atoms with Crippen LogP contribution in [0.25, 0.3) is 0 Å². The molecule has 9 heteroatoms. The fraction of sp³-hybridized carbons (Fsp3) is 0.263. The Morgan fingerprint density at radius 1 is 1.14 bits per heavy atom. The molecule has 1 atom stereocenters. The first-order valence-corrected chi connectivity index (χ1v) is 10.6. The van der Waals surface area contributed by atoms with Crippen molar-refractivity contribution in [2.75, 3.05) is 23.7 Å². The fourth-order valence-electron chi connectivity index (χ4n) is 2.99. The number of rotatable bonds is 6. The van der Waals surface area contributed by atoms with Crippen molar-refractivity contribution < 1.29 is 22.4 Å². The summed E-state index contributed by atoms with van der Waals surface area (Å²) in [6, 6.07) is 11.2. The highest BCUT2D eigenvalue weighted by atomic mass is 35.5. The van der Waals surface area contributed by atoms with Gasteiger partial charge in [-0.2, -0.15) is 0 Å². The highest BCUT2D eigenvalue weighted by Crippen LogP contribution is 2.25. The van der Waals surface area contributed by atoms with E-state index in [9.17, 15) is 22.4 Å². The topological polar surface area (TPSA) is 83.6 Å². The predicted molar refractivity (Wildman–Crippen MR) is 103 cm³/mol. The second-order valence-electron chi connectivity index (χ2n) is 6.37. The van der Waals surface area contributed by atoms with E-state index in [0.29, 0.717) is 23.7 Å². The Kier molecular flexibility index (Phi) is 6.00. The Labute approximate surface area is 167 Å². The number of anilines is 1. The third kappa shape index (κ3) is 4.51. The summed E-state index contributed by atoms with van der Waals surface area (Å²) in [5.74, 6) is -2.48. The molecule has 0 aliphatic carbocycles. The number of nitrogens with zero attached hydrogens (tertiary/aromatic N) is 1. The lowest BCUT2D eigenvalue weighted by Crippen LogP contribution is -2.38. The summed E-state index contributed by atoms with van der Waals surface area (Å²) in [5, 5.41) is 2.95. The van der Waals surface area contributed by atoms with Gasteiger partial charge in [0, 0.05) is 23.8 Å². The molecule has 2 aromatic rings. The molecule has 0 bridgehead atoms. The lowest BCUT2D eigenvalue weighted by molar-refractivity contribution is -0.132. The van der Waals surface area contributed by atoms with Crippen molar-refractivity contribution in [2.24, 2.45) is 5.92 Å². The molecule has 0 spiro atoms. The van der Waals surface area contributed by atoms with E-state index < -0.39 is 27.5 Å². The summed E-state index contributed by atoms with van der Waals surface area (Å²) < 4.78 is 37.6. The maximum Gasteiger partial charge on any atom is 0.239 e. The normalized spacial score (nSPS) is 17.0. The van der Waals surface area contributed by atoms with Gasteiger partial charge in [-0.25, -0.2) is 12.8 Å². The number of amides is 2. The predicted octanol–water partition coefficient (Wildman–Crippen LogP) is 2.42. The summed E-state index contributed by atoms with van der Waals surface area (Å²) >= 11 is 5.75. The van der Waals surface area contributed by atoms with Gasteiger partial charge in [0.2, 0.25) is 11.8 Å². The van der Waals surface area contributed by atoms with Gasteiger partial charge in [0.1, 0.15) is 11.7 Å². The van der Waals surface area contributed by atoms with Gasteiger partial charge in [-0.1, -0.05) is 11.6 Å². The van der Waals surface area contributed by atoms with Crippen molar-refractivity contribution in [3.63, 3.8) is 0 Å². The van der Waals surface area contributed by atoms with E-state index in [0.717, 1.165) is 0 Å². The van der Waals surface area contributed by atoms with E-state index in [-0.39, 0.29) is 23.1 Å². The molecule has 2 aromatic carbocycles. The average Bonchev–Trinajstić information content (AvgIpc) is 3.04. The zero-order valence-corrected chi connectivity index (χ0v) is 16.3. The lowest BCUT2D eigenvalue weighted by atomic mass is 10.1. The molecular formula is C19H18ClFN2O4S. The smallest absolute Gasteiger partial charge is 0.239 e. The third-order valence-corrected chi connectivity index (χ3v) is 6.49. The maximum absolute atomic E-state index is 13.0. The van der Waals surface area contributed by atoms with Crippen LogP contribution < -0.4 is 10.2 Å². The number of halogens is 2. The van der Waals surface area contributed by atoms with Crippen LogP contribution in [0.4, 0.5) is 10.1 Å². The zero-order valence-electron chi connectivity index (χ0n) is 14.8. The second kappa shape index (κ2) is 8.28. The van der Waals surface area contributed by atoms with Crippen molar-refractivity contribution in [3.8, 4) is 0 Å². The molecule has 0 aromatic heterocycles. The van der Waals surface area contributed by atoms with Gasteiger partial charge in [-0.3, -0.25) is 9.59 Å². The first-order valence-electron chi connectivity index (χ1n) is 8.61. The molecule has 0 radical (unpaired) electrons. The summed E-state index contributed by atoms with van der Waals surface area (Å²) in [4.78, 5) is 26.4. The highest BCUT2D eigenvalue weighted by molar-refractivity contribution is 7.91. The molecule has 28 heavy (non-hydrogen) atoms. The van der Waals surface area contributed by atoms with Crippen LogP contribution in [0, 0.1) is 11.7 Å². The standard InChI is InChI=1S/C19H18ClFN2O4S/c20-13-1-7-16(8-2-13)28(26,27)12-10-22-18(24)17-9-11-23(19(17)25)15-5-3-14(21)4-6-15/h1-8,17H,9-12H2,(H,22,24). The van der Waals surface area contributed by atoms with Gasteiger partial charge >= 0.3 is 0 Å². The number of benzene rings is 2. The van der Waals surface area contributed by atoms with Gasteiger partial charge in [0.15, 0.2) is 9.84 Å².